The molecule has 1 aliphatic carbocycles. The van der Waals surface area contributed by atoms with Crippen LogP contribution in [0.5, 0.6) is 5.75 Å². The molecule has 3 N–H and O–H groups in total. The van der Waals surface area contributed by atoms with Gasteiger partial charge in [0, 0.05) is 47.7 Å². The van der Waals surface area contributed by atoms with E-state index in [-0.39, 0.29) is 22.2 Å². The molecule has 2 aromatic heterocycles. The second-order valence-electron chi connectivity index (χ2n) is 12.0. The van der Waals surface area contributed by atoms with Gasteiger partial charge in [-0.05, 0) is 68.5 Å². The molecule has 0 amide bonds. The number of hydrogen-bond acceptors (Lipinski definition) is 9. The molecule has 6 rings (SSSR count). The van der Waals surface area contributed by atoms with Crippen molar-refractivity contribution in [3.05, 3.63) is 53.6 Å². The van der Waals surface area contributed by atoms with Crippen molar-refractivity contribution in [1.82, 2.24) is 24.6 Å². The van der Waals surface area contributed by atoms with Crippen LogP contribution in [0.1, 0.15) is 43.5 Å². The minimum atomic E-state index is -3.83. The number of sulfonamides is 1. The molecule has 2 aliphatic heterocycles. The highest BCUT2D eigenvalue weighted by atomic mass is 32.2. The smallest absolute Gasteiger partial charge is 0.244 e. The van der Waals surface area contributed by atoms with Crippen LogP contribution in [0.2, 0.25) is 0 Å². The first-order chi connectivity index (χ1) is 19.1. The lowest BCUT2D eigenvalue weighted by Gasteiger charge is -2.33. The molecule has 1 fully saturated rings. The van der Waals surface area contributed by atoms with Gasteiger partial charge in [0.15, 0.2) is 0 Å². The van der Waals surface area contributed by atoms with E-state index < -0.39 is 10.0 Å². The monoisotopic (exact) mass is 563 g/mol. The molecule has 0 spiro atoms. The molecule has 3 aliphatic rings. The van der Waals surface area contributed by atoms with Gasteiger partial charge in [0.25, 0.3) is 0 Å². The highest BCUT2D eigenvalue weighted by Gasteiger charge is 2.31. The first-order valence-corrected chi connectivity index (χ1v) is 15.4. The Morgan fingerprint density at radius 3 is 2.77 bits per heavy atom. The fourth-order valence-electron chi connectivity index (χ4n) is 6.03. The first kappa shape index (κ1) is 26.9. The van der Waals surface area contributed by atoms with E-state index in [1.807, 2.05) is 25.2 Å². The van der Waals surface area contributed by atoms with Crippen LogP contribution in [0.3, 0.4) is 0 Å². The lowest BCUT2D eigenvalue weighted by Crippen LogP contribution is -2.36. The molecule has 1 atom stereocenters. The van der Waals surface area contributed by atoms with Gasteiger partial charge in [-0.1, -0.05) is 19.9 Å². The highest BCUT2D eigenvalue weighted by molar-refractivity contribution is 7.89. The van der Waals surface area contributed by atoms with Crippen molar-refractivity contribution in [1.29, 1.82) is 0 Å². The molecule has 11 heteroatoms. The fraction of sp³-hybridized carbons (Fsp3) is 0.483. The summed E-state index contributed by atoms with van der Waals surface area (Å²) in [6.07, 6.45) is 7.09. The molecule has 40 heavy (non-hydrogen) atoms. The predicted molar refractivity (Wildman–Crippen MR) is 155 cm³/mol. The maximum Gasteiger partial charge on any atom is 0.244 e. The van der Waals surface area contributed by atoms with Crippen LogP contribution >= 0.6 is 0 Å². The second kappa shape index (κ2) is 10.3. The lowest BCUT2D eigenvalue weighted by molar-refractivity contribution is 0.310. The van der Waals surface area contributed by atoms with Gasteiger partial charge in [-0.2, -0.15) is 0 Å². The quantitative estimate of drug-likeness (QED) is 0.482. The second-order valence-corrected chi connectivity index (χ2v) is 13.7. The zero-order valence-corrected chi connectivity index (χ0v) is 24.2. The number of likely N-dealkylation sites (tertiary alicyclic amines) is 1. The number of nitrogens with one attached hydrogen (secondary N) is 1. The number of anilines is 2. The zero-order chi connectivity index (χ0) is 28.1. The topological polar surface area (TPSA) is 127 Å². The van der Waals surface area contributed by atoms with Crippen LogP contribution < -0.4 is 20.1 Å². The minimum Gasteiger partial charge on any atom is -0.491 e. The van der Waals surface area contributed by atoms with Crippen molar-refractivity contribution >= 4 is 21.7 Å². The number of aryl methyl sites for hydroxylation is 1. The predicted octanol–water partition coefficient (Wildman–Crippen LogP) is 3.02. The molecule has 0 radical (unpaired) electrons. The van der Waals surface area contributed by atoms with Crippen molar-refractivity contribution in [2.24, 2.45) is 5.41 Å². The summed E-state index contributed by atoms with van der Waals surface area (Å²) in [4.78, 5) is 18.0. The van der Waals surface area contributed by atoms with Crippen molar-refractivity contribution < 1.29 is 13.2 Å². The van der Waals surface area contributed by atoms with Crippen LogP contribution in [0.15, 0.2) is 41.7 Å². The van der Waals surface area contributed by atoms with Crippen LogP contribution in [0.4, 0.5) is 11.6 Å². The van der Waals surface area contributed by atoms with Gasteiger partial charge in [0.1, 0.15) is 35.2 Å². The Morgan fingerprint density at radius 1 is 1.12 bits per heavy atom. The van der Waals surface area contributed by atoms with E-state index in [0.717, 1.165) is 60.6 Å². The molecule has 212 valence electrons. The Balaban J connectivity index is 1.30. The zero-order valence-electron chi connectivity index (χ0n) is 23.4. The summed E-state index contributed by atoms with van der Waals surface area (Å²) in [7, 11) is -1.85. The van der Waals surface area contributed by atoms with E-state index in [9.17, 15) is 8.42 Å². The van der Waals surface area contributed by atoms with Crippen LogP contribution in [-0.4, -0.2) is 67.6 Å². The molecule has 0 saturated carbocycles. The lowest BCUT2D eigenvalue weighted by atomic mass is 9.76. The van der Waals surface area contributed by atoms with Crippen molar-refractivity contribution in [2.45, 2.75) is 57.0 Å². The van der Waals surface area contributed by atoms with E-state index in [1.54, 1.807) is 18.6 Å². The third-order valence-electron chi connectivity index (χ3n) is 8.26. The largest absolute Gasteiger partial charge is 0.491 e. The summed E-state index contributed by atoms with van der Waals surface area (Å²) in [6, 6.07) is 7.40. The SMILES string of the molecule is CN1CC[C@@H](NS(=O)(=O)c2cc(-c3ccc4c(c3)CN(c3ncnc5c3CC(C)(C)CC5)CCO4)cnc2N)C1. The Morgan fingerprint density at radius 2 is 1.98 bits per heavy atom. The number of pyridine rings is 1. The molecule has 10 nitrogen and oxygen atoms in total. The highest BCUT2D eigenvalue weighted by Crippen LogP contribution is 2.39. The molecule has 0 bridgehead atoms. The van der Waals surface area contributed by atoms with Gasteiger partial charge < -0.3 is 20.3 Å². The number of nitrogens with zero attached hydrogens (tertiary/aromatic N) is 5. The van der Waals surface area contributed by atoms with Gasteiger partial charge in [0.05, 0.1) is 6.54 Å². The van der Waals surface area contributed by atoms with Gasteiger partial charge >= 0.3 is 0 Å². The number of hydrogen-bond donors (Lipinski definition) is 2. The first-order valence-electron chi connectivity index (χ1n) is 13.9. The van der Waals surface area contributed by atoms with Gasteiger partial charge in [-0.15, -0.1) is 0 Å². The van der Waals surface area contributed by atoms with Crippen molar-refractivity contribution in [3.8, 4) is 16.9 Å². The molecule has 4 heterocycles. The maximum absolute atomic E-state index is 13.3. The van der Waals surface area contributed by atoms with E-state index >= 15 is 0 Å². The summed E-state index contributed by atoms with van der Waals surface area (Å²) >= 11 is 0. The molecule has 1 aromatic carbocycles. The van der Waals surface area contributed by atoms with E-state index in [2.05, 4.69) is 38.3 Å². The Hall–Kier alpha value is -3.28. The normalized spacial score (nSPS) is 20.9. The number of aromatic nitrogens is 3. The Bertz CT molecular complexity index is 1540. The minimum absolute atomic E-state index is 0.00241. The van der Waals surface area contributed by atoms with Gasteiger partial charge in [-0.3, -0.25) is 0 Å². The molecule has 3 aromatic rings. The molecule has 1 saturated heterocycles. The number of nitrogens with two attached hydrogens (primary N) is 1. The van der Waals surface area contributed by atoms with Gasteiger partial charge in [0.2, 0.25) is 10.0 Å². The number of ether oxygens (including phenoxy) is 1. The summed E-state index contributed by atoms with van der Waals surface area (Å²) in [5.74, 6) is 1.78. The molecular formula is C29H37N7O3S. The Labute approximate surface area is 236 Å². The number of likely N-dealkylation sites (N-methyl/N-ethyl adjacent to an activating group) is 1. The summed E-state index contributed by atoms with van der Waals surface area (Å²) in [5, 5.41) is 0. The third kappa shape index (κ3) is 5.37. The average molecular weight is 564 g/mol. The standard InChI is InChI=1S/C29H37N7O3S/c1-29(2)8-6-24-23(14-29)28(33-18-32-24)36-10-11-39-25-5-4-19(12-21(25)16-36)20-13-26(27(30)31-15-20)40(37,38)34-22-7-9-35(3)17-22/h4-5,12-13,15,18,22,34H,6-11,14,16-17H2,1-3H3,(H2,30,31)/t22-/m1/s1. The van der Waals surface area contributed by atoms with Crippen LogP contribution in [0.25, 0.3) is 11.1 Å². The summed E-state index contributed by atoms with van der Waals surface area (Å²) in [5.41, 5.74) is 11.2. The number of nitrogen functional groups attached to an aromatic ring is 1. The van der Waals surface area contributed by atoms with Crippen LogP contribution in [-0.2, 0) is 29.4 Å². The number of rotatable bonds is 5. The molecular weight excluding hydrogens is 526 g/mol. The summed E-state index contributed by atoms with van der Waals surface area (Å²) < 4.78 is 35.4. The van der Waals surface area contributed by atoms with E-state index in [0.29, 0.717) is 31.8 Å². The van der Waals surface area contributed by atoms with Crippen molar-refractivity contribution in [3.63, 3.8) is 0 Å². The van der Waals surface area contributed by atoms with E-state index in [4.69, 9.17) is 15.5 Å². The summed E-state index contributed by atoms with van der Waals surface area (Å²) in [6.45, 7) is 8.00. The van der Waals surface area contributed by atoms with Crippen LogP contribution in [0, 0.1) is 5.41 Å². The third-order valence-corrected chi connectivity index (χ3v) is 9.81. The maximum atomic E-state index is 13.3. The fourth-order valence-corrected chi connectivity index (χ4v) is 7.40. The number of benzene rings is 1. The van der Waals surface area contributed by atoms with Crippen molar-refractivity contribution in [2.75, 3.05) is 43.9 Å². The average Bonchev–Trinajstić information content (AvgIpc) is 3.19. The van der Waals surface area contributed by atoms with E-state index in [1.165, 1.54) is 5.56 Å². The Kier molecular flexibility index (Phi) is 6.92. The van der Waals surface area contributed by atoms with Gasteiger partial charge in [-0.25, -0.2) is 28.1 Å². The number of fused-ring (bicyclic) bond motifs is 2. The molecule has 0 unspecified atom stereocenters.